The molecule has 2 aromatic carbocycles. The van der Waals surface area contributed by atoms with Crippen LogP contribution in [0.15, 0.2) is 42.5 Å². The van der Waals surface area contributed by atoms with Crippen LogP contribution in [0.1, 0.15) is 25.3 Å². The third kappa shape index (κ3) is 3.61. The minimum atomic E-state index is -0.162. The number of rotatable bonds is 6. The molecule has 0 unspecified atom stereocenters. The van der Waals surface area contributed by atoms with Gasteiger partial charge in [0.2, 0.25) is 0 Å². The van der Waals surface area contributed by atoms with Crippen molar-refractivity contribution in [1.29, 1.82) is 0 Å². The zero-order valence-corrected chi connectivity index (χ0v) is 12.2. The normalized spacial score (nSPS) is 14.2. The molecule has 3 rings (SSSR count). The third-order valence-electron chi connectivity index (χ3n) is 3.61. The fourth-order valence-corrected chi connectivity index (χ4v) is 2.28. The lowest BCUT2D eigenvalue weighted by atomic mass is 10.0. The third-order valence-corrected chi connectivity index (χ3v) is 3.61. The van der Waals surface area contributed by atoms with Crippen molar-refractivity contribution in [1.82, 2.24) is 5.32 Å². The second-order valence-electron chi connectivity index (χ2n) is 5.43. The van der Waals surface area contributed by atoms with Gasteiger partial charge in [-0.1, -0.05) is 25.1 Å². The van der Waals surface area contributed by atoms with Gasteiger partial charge in [-0.25, -0.2) is 4.39 Å². The average Bonchev–Trinajstić information content (AvgIpc) is 3.31. The Kier molecular flexibility index (Phi) is 4.20. The van der Waals surface area contributed by atoms with Gasteiger partial charge >= 0.3 is 0 Å². The van der Waals surface area contributed by atoms with Gasteiger partial charge in [-0.3, -0.25) is 0 Å². The SMILES string of the molecule is CCNCc1cc(-c2cccc(OC3CC3)c2)ccc1F. The van der Waals surface area contributed by atoms with Crippen LogP contribution >= 0.6 is 0 Å². The van der Waals surface area contributed by atoms with E-state index in [1.54, 1.807) is 0 Å². The van der Waals surface area contributed by atoms with Crippen LogP contribution in [0.5, 0.6) is 5.75 Å². The molecule has 0 spiro atoms. The van der Waals surface area contributed by atoms with Crippen LogP contribution in [-0.2, 0) is 6.54 Å². The van der Waals surface area contributed by atoms with Crippen molar-refractivity contribution < 1.29 is 9.13 Å². The summed E-state index contributed by atoms with van der Waals surface area (Å²) in [5.41, 5.74) is 2.78. The molecule has 0 amide bonds. The van der Waals surface area contributed by atoms with Crippen molar-refractivity contribution in [3.8, 4) is 16.9 Å². The molecular weight excluding hydrogens is 265 g/mol. The summed E-state index contributed by atoms with van der Waals surface area (Å²) in [4.78, 5) is 0. The lowest BCUT2D eigenvalue weighted by molar-refractivity contribution is 0.303. The second kappa shape index (κ2) is 6.27. The smallest absolute Gasteiger partial charge is 0.127 e. The van der Waals surface area contributed by atoms with E-state index in [2.05, 4.69) is 5.32 Å². The van der Waals surface area contributed by atoms with E-state index < -0.39 is 0 Å². The Balaban J connectivity index is 1.84. The summed E-state index contributed by atoms with van der Waals surface area (Å²) in [6.07, 6.45) is 2.68. The van der Waals surface area contributed by atoms with Crippen LogP contribution in [-0.4, -0.2) is 12.6 Å². The number of hydrogen-bond donors (Lipinski definition) is 1. The van der Waals surface area contributed by atoms with E-state index in [1.165, 1.54) is 6.07 Å². The van der Waals surface area contributed by atoms with E-state index in [9.17, 15) is 4.39 Å². The molecule has 1 fully saturated rings. The Labute approximate surface area is 125 Å². The standard InChI is InChI=1S/C18H20FNO/c1-2-20-12-15-10-14(6-9-18(15)19)13-4-3-5-17(11-13)21-16-7-8-16/h3-6,9-11,16,20H,2,7-8,12H2,1H3. The number of ether oxygens (including phenoxy) is 1. The molecule has 1 aliphatic carbocycles. The zero-order chi connectivity index (χ0) is 14.7. The molecule has 1 aliphatic rings. The Morgan fingerprint density at radius 1 is 1.14 bits per heavy atom. The first-order valence-corrected chi connectivity index (χ1v) is 7.52. The lowest BCUT2D eigenvalue weighted by Gasteiger charge is -2.10. The quantitative estimate of drug-likeness (QED) is 0.861. The highest BCUT2D eigenvalue weighted by Crippen LogP contribution is 2.30. The minimum Gasteiger partial charge on any atom is -0.490 e. The summed E-state index contributed by atoms with van der Waals surface area (Å²) in [5.74, 6) is 0.734. The fraction of sp³-hybridized carbons (Fsp3) is 0.333. The molecular formula is C18H20FNO. The summed E-state index contributed by atoms with van der Waals surface area (Å²) in [6, 6.07) is 13.3. The van der Waals surface area contributed by atoms with Crippen molar-refractivity contribution in [2.75, 3.05) is 6.54 Å². The first kappa shape index (κ1) is 14.1. The van der Waals surface area contributed by atoms with Crippen LogP contribution in [0.25, 0.3) is 11.1 Å². The highest BCUT2D eigenvalue weighted by molar-refractivity contribution is 5.66. The first-order valence-electron chi connectivity index (χ1n) is 7.52. The Morgan fingerprint density at radius 3 is 2.71 bits per heavy atom. The maximum absolute atomic E-state index is 13.8. The number of halogens is 1. The van der Waals surface area contributed by atoms with E-state index >= 15 is 0 Å². The van der Waals surface area contributed by atoms with E-state index in [4.69, 9.17) is 4.74 Å². The second-order valence-corrected chi connectivity index (χ2v) is 5.43. The minimum absolute atomic E-state index is 0.162. The fourth-order valence-electron chi connectivity index (χ4n) is 2.28. The van der Waals surface area contributed by atoms with Gasteiger partial charge in [0.15, 0.2) is 0 Å². The zero-order valence-electron chi connectivity index (χ0n) is 12.2. The van der Waals surface area contributed by atoms with Crippen molar-refractivity contribution in [2.24, 2.45) is 0 Å². The topological polar surface area (TPSA) is 21.3 Å². The van der Waals surface area contributed by atoms with Crippen molar-refractivity contribution in [3.05, 3.63) is 53.8 Å². The van der Waals surface area contributed by atoms with Gasteiger partial charge in [0.25, 0.3) is 0 Å². The first-order chi connectivity index (χ1) is 10.3. The van der Waals surface area contributed by atoms with Gasteiger partial charge in [-0.2, -0.15) is 0 Å². The van der Waals surface area contributed by atoms with Crippen molar-refractivity contribution in [2.45, 2.75) is 32.4 Å². The van der Waals surface area contributed by atoms with Gasteiger partial charge in [0.1, 0.15) is 11.6 Å². The summed E-state index contributed by atoms with van der Waals surface area (Å²) < 4.78 is 19.6. The molecule has 0 aromatic heterocycles. The molecule has 0 saturated heterocycles. The molecule has 110 valence electrons. The molecule has 0 radical (unpaired) electrons. The average molecular weight is 285 g/mol. The molecule has 1 saturated carbocycles. The molecule has 1 N–H and O–H groups in total. The van der Waals surface area contributed by atoms with Crippen LogP contribution in [0, 0.1) is 5.82 Å². The molecule has 0 bridgehead atoms. The lowest BCUT2D eigenvalue weighted by Crippen LogP contribution is -2.12. The Morgan fingerprint density at radius 2 is 1.95 bits per heavy atom. The molecule has 0 heterocycles. The predicted molar refractivity (Wildman–Crippen MR) is 82.9 cm³/mol. The van der Waals surface area contributed by atoms with Crippen LogP contribution in [0.3, 0.4) is 0 Å². The van der Waals surface area contributed by atoms with E-state index in [-0.39, 0.29) is 5.82 Å². The van der Waals surface area contributed by atoms with Gasteiger partial charge in [-0.15, -0.1) is 0 Å². The Hall–Kier alpha value is -1.87. The summed E-state index contributed by atoms with van der Waals surface area (Å²) in [6.45, 7) is 3.39. The maximum atomic E-state index is 13.8. The van der Waals surface area contributed by atoms with Crippen LogP contribution in [0.4, 0.5) is 4.39 Å². The summed E-state index contributed by atoms with van der Waals surface area (Å²) in [5, 5.41) is 3.17. The largest absolute Gasteiger partial charge is 0.490 e. The van der Waals surface area contributed by atoms with Gasteiger partial charge in [-0.05, 0) is 54.8 Å². The van der Waals surface area contributed by atoms with Gasteiger partial charge in [0, 0.05) is 12.1 Å². The number of hydrogen-bond acceptors (Lipinski definition) is 2. The Bertz CT molecular complexity index is 622. The summed E-state index contributed by atoms with van der Waals surface area (Å²) >= 11 is 0. The molecule has 2 aromatic rings. The van der Waals surface area contributed by atoms with Gasteiger partial charge in [0.05, 0.1) is 6.10 Å². The number of nitrogens with one attached hydrogen (secondary N) is 1. The molecule has 2 nitrogen and oxygen atoms in total. The molecule has 0 aliphatic heterocycles. The van der Waals surface area contributed by atoms with E-state index in [1.807, 2.05) is 43.3 Å². The van der Waals surface area contributed by atoms with Crippen LogP contribution in [0.2, 0.25) is 0 Å². The maximum Gasteiger partial charge on any atom is 0.127 e. The van der Waals surface area contributed by atoms with Crippen molar-refractivity contribution >= 4 is 0 Å². The monoisotopic (exact) mass is 285 g/mol. The summed E-state index contributed by atoms with van der Waals surface area (Å²) in [7, 11) is 0. The highest BCUT2D eigenvalue weighted by Gasteiger charge is 2.23. The van der Waals surface area contributed by atoms with Crippen LogP contribution < -0.4 is 10.1 Å². The highest BCUT2D eigenvalue weighted by atomic mass is 19.1. The van der Waals surface area contributed by atoms with E-state index in [0.717, 1.165) is 36.3 Å². The molecule has 21 heavy (non-hydrogen) atoms. The number of benzene rings is 2. The molecule has 0 atom stereocenters. The van der Waals surface area contributed by atoms with Crippen molar-refractivity contribution in [3.63, 3.8) is 0 Å². The molecule has 3 heteroatoms. The van der Waals surface area contributed by atoms with Gasteiger partial charge < -0.3 is 10.1 Å². The van der Waals surface area contributed by atoms with E-state index in [0.29, 0.717) is 18.2 Å². The predicted octanol–water partition coefficient (Wildman–Crippen LogP) is 4.14.